The summed E-state index contributed by atoms with van der Waals surface area (Å²) >= 11 is 0. The first-order valence-corrected chi connectivity index (χ1v) is 7.75. The summed E-state index contributed by atoms with van der Waals surface area (Å²) in [5.41, 5.74) is 5.74. The van der Waals surface area contributed by atoms with E-state index in [1.54, 1.807) is 18.3 Å². The van der Waals surface area contributed by atoms with Crippen LogP contribution in [0.15, 0.2) is 60.9 Å². The van der Waals surface area contributed by atoms with Crippen molar-refractivity contribution >= 4 is 16.7 Å². The highest BCUT2D eigenvalue weighted by Gasteiger charge is 2.26. The zero-order valence-corrected chi connectivity index (χ0v) is 12.6. The highest BCUT2D eigenvalue weighted by Crippen LogP contribution is 2.42. The molecule has 1 aliphatic rings. The quantitative estimate of drug-likeness (QED) is 0.551. The molecule has 2 aromatic carbocycles. The number of hydrogen-bond donors (Lipinski definition) is 2. The van der Waals surface area contributed by atoms with Gasteiger partial charge in [0, 0.05) is 34.0 Å². The van der Waals surface area contributed by atoms with E-state index in [0.29, 0.717) is 0 Å². The van der Waals surface area contributed by atoms with Crippen LogP contribution in [0.4, 0.5) is 10.1 Å². The van der Waals surface area contributed by atoms with Crippen LogP contribution in [-0.2, 0) is 0 Å². The van der Waals surface area contributed by atoms with Gasteiger partial charge in [0.1, 0.15) is 5.82 Å². The summed E-state index contributed by atoms with van der Waals surface area (Å²) in [7, 11) is 0. The minimum Gasteiger partial charge on any atom is -0.374 e. The Labute approximate surface area is 137 Å². The Morgan fingerprint density at radius 1 is 1.00 bits per heavy atom. The smallest absolute Gasteiger partial charge is 0.160 e. The third-order valence-electron chi connectivity index (χ3n) is 4.51. The summed E-state index contributed by atoms with van der Waals surface area (Å²) in [6, 6.07) is 14.6. The normalized spacial score (nSPS) is 15.6. The number of para-hydroxylation sites is 1. The van der Waals surface area contributed by atoms with Gasteiger partial charge in [-0.3, -0.25) is 0 Å². The Bertz CT molecular complexity index is 1070. The van der Waals surface area contributed by atoms with E-state index in [4.69, 9.17) is 0 Å². The van der Waals surface area contributed by atoms with Crippen molar-refractivity contribution in [3.8, 4) is 11.1 Å². The fraction of sp³-hybridized carbons (Fsp3) is 0.0526. The number of anilines is 1. The summed E-state index contributed by atoms with van der Waals surface area (Å²) in [4.78, 5) is 3.19. The molecule has 24 heavy (non-hydrogen) atoms. The van der Waals surface area contributed by atoms with E-state index in [9.17, 15) is 4.39 Å². The lowest BCUT2D eigenvalue weighted by atomic mass is 9.97. The molecule has 0 spiro atoms. The molecule has 0 fully saturated rings. The summed E-state index contributed by atoms with van der Waals surface area (Å²) in [6.45, 7) is 0. The minimum atomic E-state index is -0.244. The predicted molar refractivity (Wildman–Crippen MR) is 91.2 cm³/mol. The van der Waals surface area contributed by atoms with Gasteiger partial charge in [-0.25, -0.2) is 4.39 Å². The molecule has 4 nitrogen and oxygen atoms in total. The SMILES string of the molecule is Fc1cccc(C2Nc3ccccc3-c3cnnc4[nH]cc2c34)c1. The van der Waals surface area contributed by atoms with E-state index in [0.717, 1.165) is 39.0 Å². The Balaban J connectivity index is 1.85. The van der Waals surface area contributed by atoms with Crippen LogP contribution < -0.4 is 5.32 Å². The van der Waals surface area contributed by atoms with Crippen molar-refractivity contribution in [2.75, 3.05) is 5.32 Å². The van der Waals surface area contributed by atoms with E-state index in [1.807, 2.05) is 30.5 Å². The van der Waals surface area contributed by atoms with E-state index in [-0.39, 0.29) is 11.9 Å². The van der Waals surface area contributed by atoms with Crippen molar-refractivity contribution in [3.63, 3.8) is 0 Å². The second-order valence-electron chi connectivity index (χ2n) is 5.90. The van der Waals surface area contributed by atoms with Gasteiger partial charge >= 0.3 is 0 Å². The van der Waals surface area contributed by atoms with Crippen molar-refractivity contribution in [3.05, 3.63) is 77.9 Å². The van der Waals surface area contributed by atoms with Crippen molar-refractivity contribution in [1.29, 1.82) is 0 Å². The number of hydrogen-bond acceptors (Lipinski definition) is 3. The van der Waals surface area contributed by atoms with E-state index >= 15 is 0 Å². The lowest BCUT2D eigenvalue weighted by Gasteiger charge is -2.19. The van der Waals surface area contributed by atoms with Gasteiger partial charge in [-0.1, -0.05) is 30.3 Å². The molecular weight excluding hydrogens is 303 g/mol. The van der Waals surface area contributed by atoms with Crippen LogP contribution in [0, 0.1) is 5.82 Å². The minimum absolute atomic E-state index is 0.166. The summed E-state index contributed by atoms with van der Waals surface area (Å²) in [5.74, 6) is -0.244. The number of benzene rings is 2. The van der Waals surface area contributed by atoms with Gasteiger partial charge in [-0.15, -0.1) is 5.10 Å². The second-order valence-corrected chi connectivity index (χ2v) is 5.90. The van der Waals surface area contributed by atoms with Gasteiger partial charge < -0.3 is 10.3 Å². The number of fused-ring (bicyclic) bond motifs is 2. The zero-order chi connectivity index (χ0) is 16.1. The maximum Gasteiger partial charge on any atom is 0.160 e. The highest BCUT2D eigenvalue weighted by molar-refractivity contribution is 6.00. The number of aromatic amines is 1. The first-order chi connectivity index (χ1) is 11.8. The van der Waals surface area contributed by atoms with E-state index < -0.39 is 0 Å². The molecular formula is C19H13FN4. The molecule has 0 radical (unpaired) electrons. The van der Waals surface area contributed by atoms with Crippen LogP contribution >= 0.6 is 0 Å². The lowest BCUT2D eigenvalue weighted by molar-refractivity contribution is 0.624. The Kier molecular flexibility index (Phi) is 2.70. The number of halogens is 1. The van der Waals surface area contributed by atoms with Gasteiger partial charge in [0.15, 0.2) is 5.65 Å². The van der Waals surface area contributed by atoms with Crippen LogP contribution in [0.5, 0.6) is 0 Å². The zero-order valence-electron chi connectivity index (χ0n) is 12.6. The van der Waals surface area contributed by atoms with Crippen molar-refractivity contribution in [2.24, 2.45) is 0 Å². The molecule has 0 bridgehead atoms. The molecule has 1 atom stereocenters. The van der Waals surface area contributed by atoms with Crippen LogP contribution in [0.3, 0.4) is 0 Å². The first-order valence-electron chi connectivity index (χ1n) is 7.75. The predicted octanol–water partition coefficient (Wildman–Crippen LogP) is 4.28. The molecule has 2 N–H and O–H groups in total. The molecule has 2 aromatic heterocycles. The summed E-state index contributed by atoms with van der Waals surface area (Å²) in [6.07, 6.45) is 3.71. The van der Waals surface area contributed by atoms with Gasteiger partial charge in [0.2, 0.25) is 0 Å². The van der Waals surface area contributed by atoms with E-state index in [2.05, 4.69) is 26.6 Å². The van der Waals surface area contributed by atoms with Gasteiger partial charge in [0.05, 0.1) is 12.2 Å². The number of aromatic nitrogens is 3. The number of H-pyrrole nitrogens is 1. The molecule has 1 unspecified atom stereocenters. The fourth-order valence-electron chi connectivity index (χ4n) is 3.46. The highest BCUT2D eigenvalue weighted by atomic mass is 19.1. The Morgan fingerprint density at radius 2 is 1.92 bits per heavy atom. The first kappa shape index (κ1) is 13.2. The molecule has 116 valence electrons. The van der Waals surface area contributed by atoms with Crippen LogP contribution in [0.2, 0.25) is 0 Å². The number of nitrogens with one attached hydrogen (secondary N) is 2. The van der Waals surface area contributed by atoms with E-state index in [1.165, 1.54) is 6.07 Å². The third kappa shape index (κ3) is 1.84. The standard InChI is InChI=1S/C19H13FN4/c20-12-5-3-4-11(8-12)18-15-9-21-19-17(15)14(10-22-24-19)13-6-1-2-7-16(13)23-18/h1-10,18,23H,(H,21,24). The molecule has 0 saturated heterocycles. The molecule has 5 heteroatoms. The van der Waals surface area contributed by atoms with Gasteiger partial charge in [-0.2, -0.15) is 5.10 Å². The molecule has 0 aliphatic carbocycles. The Morgan fingerprint density at radius 3 is 2.83 bits per heavy atom. The topological polar surface area (TPSA) is 53.6 Å². The van der Waals surface area contributed by atoms with Crippen LogP contribution in [0.25, 0.3) is 22.2 Å². The average molecular weight is 316 g/mol. The Hall–Kier alpha value is -3.21. The lowest BCUT2D eigenvalue weighted by Crippen LogP contribution is -2.11. The van der Waals surface area contributed by atoms with Crippen LogP contribution in [-0.4, -0.2) is 15.2 Å². The maximum absolute atomic E-state index is 13.8. The summed E-state index contributed by atoms with van der Waals surface area (Å²) < 4.78 is 13.8. The number of nitrogens with zero attached hydrogens (tertiary/aromatic N) is 2. The molecule has 3 heterocycles. The molecule has 5 rings (SSSR count). The molecule has 4 aromatic rings. The van der Waals surface area contributed by atoms with Crippen molar-refractivity contribution in [1.82, 2.24) is 15.2 Å². The van der Waals surface area contributed by atoms with Gasteiger partial charge in [-0.05, 0) is 23.8 Å². The van der Waals surface area contributed by atoms with Crippen molar-refractivity contribution in [2.45, 2.75) is 6.04 Å². The molecule has 1 aliphatic heterocycles. The average Bonchev–Trinajstić information content (AvgIpc) is 2.97. The summed E-state index contributed by atoms with van der Waals surface area (Å²) in [5, 5.41) is 12.9. The van der Waals surface area contributed by atoms with Crippen LogP contribution in [0.1, 0.15) is 17.2 Å². The third-order valence-corrected chi connectivity index (χ3v) is 4.51. The monoisotopic (exact) mass is 316 g/mol. The molecule has 0 amide bonds. The maximum atomic E-state index is 13.8. The number of rotatable bonds is 1. The fourth-order valence-corrected chi connectivity index (χ4v) is 3.46. The largest absolute Gasteiger partial charge is 0.374 e. The van der Waals surface area contributed by atoms with Gasteiger partial charge in [0.25, 0.3) is 0 Å². The van der Waals surface area contributed by atoms with Crippen molar-refractivity contribution < 1.29 is 4.39 Å². The second kappa shape index (κ2) is 4.89. The molecule has 0 saturated carbocycles.